The van der Waals surface area contributed by atoms with Crippen molar-refractivity contribution in [2.45, 2.75) is 23.9 Å². The Morgan fingerprint density at radius 3 is 2.57 bits per heavy atom. The van der Waals surface area contributed by atoms with Crippen molar-refractivity contribution in [1.29, 1.82) is 0 Å². The molecule has 2 aromatic heterocycles. The zero-order chi connectivity index (χ0) is 16.8. The summed E-state index contributed by atoms with van der Waals surface area (Å²) >= 11 is 0. The van der Waals surface area contributed by atoms with Gasteiger partial charge >= 0.3 is 0 Å². The van der Waals surface area contributed by atoms with Crippen molar-refractivity contribution in [3.05, 3.63) is 24.3 Å². The topological polar surface area (TPSA) is 89.2 Å². The number of nitrogens with zero attached hydrogens (tertiary/aromatic N) is 7. The van der Waals surface area contributed by atoms with Crippen molar-refractivity contribution in [1.82, 2.24) is 34.0 Å². The number of likely N-dealkylation sites (N-methyl/N-ethyl adjacent to an activating group) is 1. The Hall–Kier alpha value is -1.78. The minimum Gasteiger partial charge on any atom is -0.303 e. The molecule has 10 heteroatoms. The van der Waals surface area contributed by atoms with E-state index < -0.39 is 10.0 Å². The lowest BCUT2D eigenvalue weighted by Crippen LogP contribution is -2.37. The van der Waals surface area contributed by atoms with Crippen LogP contribution in [-0.4, -0.2) is 75.6 Å². The Balaban J connectivity index is 1.94. The van der Waals surface area contributed by atoms with Crippen LogP contribution in [0, 0.1) is 6.92 Å². The quantitative estimate of drug-likeness (QED) is 0.746. The van der Waals surface area contributed by atoms with Gasteiger partial charge in [0.05, 0.1) is 24.1 Å². The SMILES string of the molecule is Cc1c(S(=O)(=O)N2C[C@@H](N(C)C)[C@@H](n3ccnn3)C2)cnn1C. The first-order chi connectivity index (χ1) is 10.8. The molecule has 1 saturated heterocycles. The van der Waals surface area contributed by atoms with Crippen LogP contribution in [0.4, 0.5) is 0 Å². The lowest BCUT2D eigenvalue weighted by Gasteiger charge is -2.24. The standard InChI is InChI=1S/C13H21N7O2S/c1-10-13(7-15-18(10)4)23(21,22)19-8-11(17(2)3)12(9-19)20-6-5-14-16-20/h5-7,11-12H,8-9H2,1-4H3/t11-,12+/m1/s1. The molecule has 3 rings (SSSR count). The number of hydrogen-bond acceptors (Lipinski definition) is 6. The van der Waals surface area contributed by atoms with Crippen molar-refractivity contribution in [3.8, 4) is 0 Å². The van der Waals surface area contributed by atoms with Gasteiger partial charge in [0.15, 0.2) is 0 Å². The van der Waals surface area contributed by atoms with E-state index in [1.807, 2.05) is 19.0 Å². The van der Waals surface area contributed by atoms with Gasteiger partial charge in [0.2, 0.25) is 10.0 Å². The molecule has 0 saturated carbocycles. The van der Waals surface area contributed by atoms with Gasteiger partial charge in [-0.05, 0) is 21.0 Å². The van der Waals surface area contributed by atoms with Crippen LogP contribution < -0.4 is 0 Å². The van der Waals surface area contributed by atoms with E-state index in [1.165, 1.54) is 10.5 Å². The average Bonchev–Trinajstić information content (AvgIpc) is 3.19. The van der Waals surface area contributed by atoms with Crippen molar-refractivity contribution >= 4 is 10.0 Å². The van der Waals surface area contributed by atoms with E-state index in [2.05, 4.69) is 15.4 Å². The van der Waals surface area contributed by atoms with Gasteiger partial charge in [0, 0.05) is 32.4 Å². The third-order valence-electron chi connectivity index (χ3n) is 4.48. The molecular weight excluding hydrogens is 318 g/mol. The minimum atomic E-state index is -3.58. The van der Waals surface area contributed by atoms with Crippen LogP contribution in [0.2, 0.25) is 0 Å². The van der Waals surface area contributed by atoms with Crippen LogP contribution in [0.1, 0.15) is 11.7 Å². The lowest BCUT2D eigenvalue weighted by molar-refractivity contribution is 0.242. The van der Waals surface area contributed by atoms with Crippen LogP contribution >= 0.6 is 0 Å². The number of aryl methyl sites for hydroxylation is 1. The summed E-state index contributed by atoms with van der Waals surface area (Å²) in [5.74, 6) is 0. The second kappa shape index (κ2) is 5.69. The highest BCUT2D eigenvalue weighted by atomic mass is 32.2. The van der Waals surface area contributed by atoms with Gasteiger partial charge in [-0.2, -0.15) is 9.40 Å². The number of aromatic nitrogens is 5. The van der Waals surface area contributed by atoms with E-state index in [-0.39, 0.29) is 17.0 Å². The minimum absolute atomic E-state index is 0.0310. The highest BCUT2D eigenvalue weighted by Crippen LogP contribution is 2.30. The highest BCUT2D eigenvalue weighted by Gasteiger charge is 2.42. The molecule has 0 N–H and O–H groups in total. The van der Waals surface area contributed by atoms with E-state index in [1.54, 1.807) is 35.7 Å². The molecule has 3 heterocycles. The van der Waals surface area contributed by atoms with Crippen molar-refractivity contribution in [3.63, 3.8) is 0 Å². The molecule has 1 fully saturated rings. The van der Waals surface area contributed by atoms with Crippen LogP contribution in [-0.2, 0) is 17.1 Å². The molecule has 0 aliphatic carbocycles. The monoisotopic (exact) mass is 339 g/mol. The molecular formula is C13H21N7O2S. The number of hydrogen-bond donors (Lipinski definition) is 0. The normalized spacial score (nSPS) is 23.0. The van der Waals surface area contributed by atoms with Gasteiger partial charge in [-0.3, -0.25) is 4.68 Å². The van der Waals surface area contributed by atoms with Crippen molar-refractivity contribution in [2.75, 3.05) is 27.2 Å². The Kier molecular flexibility index (Phi) is 3.98. The molecule has 1 aliphatic rings. The van der Waals surface area contributed by atoms with Crippen molar-refractivity contribution < 1.29 is 8.42 Å². The average molecular weight is 339 g/mol. The van der Waals surface area contributed by atoms with E-state index >= 15 is 0 Å². The summed E-state index contributed by atoms with van der Waals surface area (Å²) in [6.45, 7) is 2.53. The molecule has 1 aliphatic heterocycles. The lowest BCUT2D eigenvalue weighted by atomic mass is 10.1. The molecule has 9 nitrogen and oxygen atoms in total. The summed E-state index contributed by atoms with van der Waals surface area (Å²) in [6.07, 6.45) is 4.79. The van der Waals surface area contributed by atoms with Crippen molar-refractivity contribution in [2.24, 2.45) is 7.05 Å². The number of sulfonamides is 1. The molecule has 0 radical (unpaired) electrons. The first-order valence-corrected chi connectivity index (χ1v) is 8.77. The predicted octanol–water partition coefficient (Wildman–Crippen LogP) is -0.504. The van der Waals surface area contributed by atoms with Crippen LogP contribution in [0.5, 0.6) is 0 Å². The second-order valence-electron chi connectivity index (χ2n) is 6.02. The smallest absolute Gasteiger partial charge is 0.246 e. The maximum absolute atomic E-state index is 13.0. The van der Waals surface area contributed by atoms with Crippen LogP contribution in [0.25, 0.3) is 0 Å². The Morgan fingerprint density at radius 2 is 2.04 bits per heavy atom. The zero-order valence-corrected chi connectivity index (χ0v) is 14.5. The van der Waals surface area contributed by atoms with Gasteiger partial charge in [-0.15, -0.1) is 5.10 Å². The maximum Gasteiger partial charge on any atom is 0.246 e. The molecule has 0 spiro atoms. The van der Waals surface area contributed by atoms with Gasteiger partial charge in [0.1, 0.15) is 4.90 Å². The summed E-state index contributed by atoms with van der Waals surface area (Å²) in [4.78, 5) is 2.29. The van der Waals surface area contributed by atoms with Crippen LogP contribution in [0.15, 0.2) is 23.5 Å². The zero-order valence-electron chi connectivity index (χ0n) is 13.7. The maximum atomic E-state index is 13.0. The molecule has 0 amide bonds. The predicted molar refractivity (Wildman–Crippen MR) is 83.2 cm³/mol. The highest BCUT2D eigenvalue weighted by molar-refractivity contribution is 7.89. The number of rotatable bonds is 4. The largest absolute Gasteiger partial charge is 0.303 e. The van der Waals surface area contributed by atoms with Gasteiger partial charge in [-0.1, -0.05) is 5.21 Å². The van der Waals surface area contributed by atoms with E-state index in [9.17, 15) is 8.42 Å². The van der Waals surface area contributed by atoms with Gasteiger partial charge in [-0.25, -0.2) is 13.1 Å². The fourth-order valence-electron chi connectivity index (χ4n) is 2.96. The molecule has 2 atom stereocenters. The Morgan fingerprint density at radius 1 is 1.30 bits per heavy atom. The third-order valence-corrected chi connectivity index (χ3v) is 6.41. The first-order valence-electron chi connectivity index (χ1n) is 7.33. The molecule has 23 heavy (non-hydrogen) atoms. The summed E-state index contributed by atoms with van der Waals surface area (Å²) in [7, 11) is 2.05. The second-order valence-corrected chi connectivity index (χ2v) is 7.93. The van der Waals surface area contributed by atoms with E-state index in [0.717, 1.165) is 0 Å². The Bertz CT molecular complexity index is 781. The van der Waals surface area contributed by atoms with E-state index in [0.29, 0.717) is 18.8 Å². The van der Waals surface area contributed by atoms with Crippen LogP contribution in [0.3, 0.4) is 0 Å². The third kappa shape index (κ3) is 2.66. The first kappa shape index (κ1) is 16.1. The summed E-state index contributed by atoms with van der Waals surface area (Å²) < 4.78 is 30.7. The summed E-state index contributed by atoms with van der Waals surface area (Å²) in [5.41, 5.74) is 0.635. The fraction of sp³-hybridized carbons (Fsp3) is 0.615. The fourth-order valence-corrected chi connectivity index (χ4v) is 4.63. The summed E-state index contributed by atoms with van der Waals surface area (Å²) in [6, 6.07) is -0.0392. The summed E-state index contributed by atoms with van der Waals surface area (Å²) in [5, 5.41) is 11.9. The molecule has 0 bridgehead atoms. The molecule has 0 unspecified atom stereocenters. The van der Waals surface area contributed by atoms with Gasteiger partial charge in [0.25, 0.3) is 0 Å². The van der Waals surface area contributed by atoms with E-state index in [4.69, 9.17) is 0 Å². The molecule has 0 aromatic carbocycles. The molecule has 126 valence electrons. The molecule has 2 aromatic rings. The Labute approximate surface area is 135 Å². The van der Waals surface area contributed by atoms with Gasteiger partial charge < -0.3 is 4.90 Å².